The molecule has 0 spiro atoms. The Balaban J connectivity index is 1.78. The summed E-state index contributed by atoms with van der Waals surface area (Å²) in [7, 11) is 0. The SMILES string of the molecule is CCCCCCCCCCCCC1CCCC(Cl)C1. The van der Waals surface area contributed by atoms with Crippen molar-refractivity contribution in [3.8, 4) is 0 Å². The predicted molar refractivity (Wildman–Crippen MR) is 88.1 cm³/mol. The monoisotopic (exact) mass is 286 g/mol. The molecule has 0 aromatic rings. The fraction of sp³-hybridized carbons (Fsp3) is 1.00. The minimum absolute atomic E-state index is 0.488. The second-order valence-electron chi connectivity index (χ2n) is 6.60. The predicted octanol–water partition coefficient (Wildman–Crippen LogP) is 7.10. The van der Waals surface area contributed by atoms with Crippen molar-refractivity contribution in [2.45, 2.75) is 109 Å². The Morgan fingerprint density at radius 3 is 1.95 bits per heavy atom. The molecular formula is C18H35Cl. The van der Waals surface area contributed by atoms with Crippen LogP contribution in [-0.4, -0.2) is 5.38 Å². The smallest absolute Gasteiger partial charge is 0.0338 e. The molecular weight excluding hydrogens is 252 g/mol. The van der Waals surface area contributed by atoms with Crippen LogP contribution in [-0.2, 0) is 0 Å². The van der Waals surface area contributed by atoms with E-state index in [0.29, 0.717) is 5.38 Å². The van der Waals surface area contributed by atoms with Crippen LogP contribution in [0, 0.1) is 5.92 Å². The summed E-state index contributed by atoms with van der Waals surface area (Å²) in [5, 5.41) is 0.488. The van der Waals surface area contributed by atoms with Crippen LogP contribution in [0.25, 0.3) is 0 Å². The van der Waals surface area contributed by atoms with Crippen LogP contribution in [0.15, 0.2) is 0 Å². The highest BCUT2D eigenvalue weighted by atomic mass is 35.5. The Morgan fingerprint density at radius 2 is 1.37 bits per heavy atom. The summed E-state index contributed by atoms with van der Waals surface area (Å²) in [4.78, 5) is 0. The normalized spacial score (nSPS) is 23.7. The number of rotatable bonds is 11. The lowest BCUT2D eigenvalue weighted by Gasteiger charge is -2.25. The second-order valence-corrected chi connectivity index (χ2v) is 7.22. The van der Waals surface area contributed by atoms with Crippen molar-refractivity contribution in [3.63, 3.8) is 0 Å². The van der Waals surface area contributed by atoms with E-state index in [1.54, 1.807) is 0 Å². The van der Waals surface area contributed by atoms with E-state index in [1.807, 2.05) is 0 Å². The molecule has 0 amide bonds. The van der Waals surface area contributed by atoms with Crippen LogP contribution in [0.4, 0.5) is 0 Å². The quantitative estimate of drug-likeness (QED) is 0.281. The maximum absolute atomic E-state index is 6.24. The Bertz CT molecular complexity index is 190. The van der Waals surface area contributed by atoms with Crippen LogP contribution in [0.5, 0.6) is 0 Å². The molecule has 0 radical (unpaired) electrons. The summed E-state index contributed by atoms with van der Waals surface area (Å²) < 4.78 is 0. The van der Waals surface area contributed by atoms with Crippen molar-refractivity contribution in [2.75, 3.05) is 0 Å². The van der Waals surface area contributed by atoms with Crippen LogP contribution < -0.4 is 0 Å². The van der Waals surface area contributed by atoms with Crippen molar-refractivity contribution in [3.05, 3.63) is 0 Å². The van der Waals surface area contributed by atoms with Gasteiger partial charge in [0.05, 0.1) is 0 Å². The van der Waals surface area contributed by atoms with E-state index >= 15 is 0 Å². The number of halogens is 1. The third-order valence-electron chi connectivity index (χ3n) is 4.68. The van der Waals surface area contributed by atoms with Gasteiger partial charge in [0.15, 0.2) is 0 Å². The second kappa shape index (κ2) is 12.1. The average Bonchev–Trinajstić information content (AvgIpc) is 2.41. The van der Waals surface area contributed by atoms with Crippen molar-refractivity contribution in [1.29, 1.82) is 0 Å². The Morgan fingerprint density at radius 1 is 0.789 bits per heavy atom. The van der Waals surface area contributed by atoms with Crippen LogP contribution >= 0.6 is 11.6 Å². The molecule has 1 aliphatic rings. The zero-order valence-electron chi connectivity index (χ0n) is 13.1. The van der Waals surface area contributed by atoms with E-state index in [0.717, 1.165) is 5.92 Å². The zero-order valence-corrected chi connectivity index (χ0v) is 13.9. The minimum Gasteiger partial charge on any atom is -0.123 e. The van der Waals surface area contributed by atoms with Gasteiger partial charge in [0, 0.05) is 5.38 Å². The van der Waals surface area contributed by atoms with Gasteiger partial charge in [0.25, 0.3) is 0 Å². The highest BCUT2D eigenvalue weighted by Crippen LogP contribution is 2.31. The maximum atomic E-state index is 6.24. The lowest BCUT2D eigenvalue weighted by Crippen LogP contribution is -2.15. The summed E-state index contributed by atoms with van der Waals surface area (Å²) in [6.45, 7) is 2.29. The lowest BCUT2D eigenvalue weighted by molar-refractivity contribution is 0.332. The first-order valence-electron chi connectivity index (χ1n) is 8.97. The fourth-order valence-corrected chi connectivity index (χ4v) is 3.81. The molecule has 0 aliphatic heterocycles. The van der Waals surface area contributed by atoms with E-state index < -0.39 is 0 Å². The van der Waals surface area contributed by atoms with Gasteiger partial charge < -0.3 is 0 Å². The van der Waals surface area contributed by atoms with E-state index in [9.17, 15) is 0 Å². The first-order chi connectivity index (χ1) is 9.33. The molecule has 2 atom stereocenters. The molecule has 0 aromatic carbocycles. The van der Waals surface area contributed by atoms with E-state index in [2.05, 4.69) is 6.92 Å². The number of hydrogen-bond donors (Lipinski definition) is 0. The van der Waals surface area contributed by atoms with Gasteiger partial charge in [-0.05, 0) is 18.8 Å². The molecule has 1 fully saturated rings. The van der Waals surface area contributed by atoms with Crippen LogP contribution in [0.3, 0.4) is 0 Å². The fourth-order valence-electron chi connectivity index (χ4n) is 3.41. The van der Waals surface area contributed by atoms with Gasteiger partial charge in [0.1, 0.15) is 0 Å². The molecule has 0 heterocycles. The van der Waals surface area contributed by atoms with Crippen molar-refractivity contribution in [1.82, 2.24) is 0 Å². The molecule has 0 N–H and O–H groups in total. The standard InChI is InChI=1S/C18H35Cl/c1-2-3-4-5-6-7-8-9-10-11-13-17-14-12-15-18(19)16-17/h17-18H,2-16H2,1H3. The van der Waals surface area contributed by atoms with Gasteiger partial charge in [-0.25, -0.2) is 0 Å². The van der Waals surface area contributed by atoms with E-state index in [-0.39, 0.29) is 0 Å². The Hall–Kier alpha value is 0.290. The summed E-state index contributed by atoms with van der Waals surface area (Å²) in [5.74, 6) is 0.949. The molecule has 1 saturated carbocycles. The largest absolute Gasteiger partial charge is 0.123 e. The number of unbranched alkanes of at least 4 members (excludes halogenated alkanes) is 9. The highest BCUT2D eigenvalue weighted by molar-refractivity contribution is 6.20. The van der Waals surface area contributed by atoms with Gasteiger partial charge >= 0.3 is 0 Å². The molecule has 0 bridgehead atoms. The molecule has 1 aliphatic carbocycles. The van der Waals surface area contributed by atoms with E-state index in [4.69, 9.17) is 11.6 Å². The molecule has 2 unspecified atom stereocenters. The Kier molecular flexibility index (Phi) is 11.0. The van der Waals surface area contributed by atoms with Crippen LogP contribution in [0.1, 0.15) is 103 Å². The molecule has 1 heteroatoms. The topological polar surface area (TPSA) is 0 Å². The van der Waals surface area contributed by atoms with Gasteiger partial charge in [-0.3, -0.25) is 0 Å². The van der Waals surface area contributed by atoms with Gasteiger partial charge in [-0.15, -0.1) is 11.6 Å². The third-order valence-corrected chi connectivity index (χ3v) is 5.08. The summed E-state index contributed by atoms with van der Waals surface area (Å²) in [5.41, 5.74) is 0. The lowest BCUT2D eigenvalue weighted by atomic mass is 9.85. The first-order valence-corrected chi connectivity index (χ1v) is 9.40. The van der Waals surface area contributed by atoms with Crippen molar-refractivity contribution in [2.24, 2.45) is 5.92 Å². The third kappa shape index (κ3) is 9.77. The van der Waals surface area contributed by atoms with Gasteiger partial charge in [0.2, 0.25) is 0 Å². The minimum atomic E-state index is 0.488. The molecule has 114 valence electrons. The van der Waals surface area contributed by atoms with E-state index in [1.165, 1.54) is 96.3 Å². The molecule has 19 heavy (non-hydrogen) atoms. The van der Waals surface area contributed by atoms with Crippen molar-refractivity contribution < 1.29 is 0 Å². The summed E-state index contributed by atoms with van der Waals surface area (Å²) in [6.07, 6.45) is 21.3. The molecule has 0 nitrogen and oxygen atoms in total. The van der Waals surface area contributed by atoms with Gasteiger partial charge in [-0.2, -0.15) is 0 Å². The zero-order chi connectivity index (χ0) is 13.8. The highest BCUT2D eigenvalue weighted by Gasteiger charge is 2.19. The summed E-state index contributed by atoms with van der Waals surface area (Å²) >= 11 is 6.24. The summed E-state index contributed by atoms with van der Waals surface area (Å²) in [6, 6.07) is 0. The van der Waals surface area contributed by atoms with Crippen molar-refractivity contribution >= 4 is 11.6 Å². The van der Waals surface area contributed by atoms with Gasteiger partial charge in [-0.1, -0.05) is 90.4 Å². The van der Waals surface area contributed by atoms with Crippen LogP contribution in [0.2, 0.25) is 0 Å². The maximum Gasteiger partial charge on any atom is 0.0338 e. The molecule has 0 saturated heterocycles. The first kappa shape index (κ1) is 17.3. The molecule has 0 aromatic heterocycles. The average molecular weight is 287 g/mol. The molecule has 1 rings (SSSR count). The Labute approximate surface area is 126 Å². The number of hydrogen-bond acceptors (Lipinski definition) is 0. The number of alkyl halides is 1.